The van der Waals surface area contributed by atoms with Crippen molar-refractivity contribution in [1.82, 2.24) is 0 Å². The number of benzene rings is 7. The van der Waals surface area contributed by atoms with Crippen LogP contribution in [0.5, 0.6) is 11.5 Å². The Morgan fingerprint density at radius 3 is 1.91 bits per heavy atom. The second kappa shape index (κ2) is 9.70. The largest absolute Gasteiger partial charge is 0.457 e. The molecule has 0 aromatic heterocycles. The average molecular weight is 578 g/mol. The maximum Gasteiger partial charge on any atom is 0.132 e. The molecule has 0 amide bonds. The Kier molecular flexibility index (Phi) is 5.58. The minimum absolute atomic E-state index is 0.516. The second-order valence-corrected chi connectivity index (χ2v) is 12.3. The van der Waals surface area contributed by atoms with Crippen LogP contribution >= 0.6 is 0 Å². The van der Waals surface area contributed by atoms with Crippen molar-refractivity contribution in [3.05, 3.63) is 179 Å². The van der Waals surface area contributed by atoms with Gasteiger partial charge in [0.1, 0.15) is 11.5 Å². The van der Waals surface area contributed by atoms with Gasteiger partial charge in [0.05, 0.1) is 5.41 Å². The molecule has 1 aliphatic heterocycles. The van der Waals surface area contributed by atoms with Gasteiger partial charge in [-0.1, -0.05) is 109 Å². The Morgan fingerprint density at radius 2 is 1.11 bits per heavy atom. The molecule has 2 heteroatoms. The van der Waals surface area contributed by atoms with Crippen LogP contribution in [0.1, 0.15) is 33.4 Å². The molecular weight excluding hydrogens is 546 g/mol. The number of hydrogen-bond acceptors (Lipinski definition) is 2. The third-order valence-electron chi connectivity index (χ3n) is 9.79. The highest BCUT2D eigenvalue weighted by atomic mass is 16.5. The third kappa shape index (κ3) is 3.69. The van der Waals surface area contributed by atoms with Gasteiger partial charge < -0.3 is 10.1 Å². The first-order valence-corrected chi connectivity index (χ1v) is 15.6. The molecule has 7 aromatic rings. The van der Waals surface area contributed by atoms with Crippen LogP contribution in [0.3, 0.4) is 0 Å². The topological polar surface area (TPSA) is 21.3 Å². The Balaban J connectivity index is 1.29. The lowest BCUT2D eigenvalue weighted by molar-refractivity contribution is 0.436. The van der Waals surface area contributed by atoms with E-state index in [-0.39, 0.29) is 0 Å². The first kappa shape index (κ1) is 25.9. The lowest BCUT2D eigenvalue weighted by Crippen LogP contribution is -2.32. The van der Waals surface area contributed by atoms with E-state index in [2.05, 4.69) is 165 Å². The summed E-state index contributed by atoms with van der Waals surface area (Å²) in [4.78, 5) is 0. The molecule has 9 rings (SSSR count). The molecule has 2 nitrogen and oxygen atoms in total. The molecule has 1 heterocycles. The standard InChI is InChI=1S/C43H31NO/c1-27-11-3-5-13-32(27)35-25-30(21-19-28(35)2)44-31-22-23-34-39(26-31)43(38-24-20-29-12-4-6-14-33(29)42(34)38)36-15-7-9-17-40(36)45-41-18-10-8-16-37(41)43/h3-26,44H,1-2H3. The van der Waals surface area contributed by atoms with Gasteiger partial charge in [0.25, 0.3) is 0 Å². The van der Waals surface area contributed by atoms with Gasteiger partial charge in [-0.15, -0.1) is 0 Å². The minimum atomic E-state index is -0.516. The van der Waals surface area contributed by atoms with Crippen LogP contribution in [-0.4, -0.2) is 0 Å². The zero-order valence-corrected chi connectivity index (χ0v) is 25.3. The molecule has 0 unspecified atom stereocenters. The summed E-state index contributed by atoms with van der Waals surface area (Å²) in [6.45, 7) is 4.37. The normalized spacial score (nSPS) is 13.5. The zero-order chi connectivity index (χ0) is 30.1. The molecule has 0 radical (unpaired) electrons. The summed E-state index contributed by atoms with van der Waals surface area (Å²) >= 11 is 0. The van der Waals surface area contributed by atoms with Gasteiger partial charge >= 0.3 is 0 Å². The summed E-state index contributed by atoms with van der Waals surface area (Å²) in [6.07, 6.45) is 0. The van der Waals surface area contributed by atoms with Gasteiger partial charge in [-0.25, -0.2) is 0 Å². The third-order valence-corrected chi connectivity index (χ3v) is 9.79. The molecule has 0 bridgehead atoms. The molecular formula is C43H31NO. The van der Waals surface area contributed by atoms with Gasteiger partial charge in [0.15, 0.2) is 0 Å². The predicted octanol–water partition coefficient (Wildman–Crippen LogP) is 11.3. The fourth-order valence-electron chi connectivity index (χ4n) is 7.78. The van der Waals surface area contributed by atoms with E-state index in [0.717, 1.165) is 22.9 Å². The lowest BCUT2D eigenvalue weighted by atomic mass is 9.66. The van der Waals surface area contributed by atoms with Gasteiger partial charge in [0, 0.05) is 22.5 Å². The van der Waals surface area contributed by atoms with Crippen molar-refractivity contribution < 1.29 is 4.74 Å². The Hall–Kier alpha value is -5.60. The summed E-state index contributed by atoms with van der Waals surface area (Å²) in [6, 6.07) is 52.7. The van der Waals surface area contributed by atoms with Crippen molar-refractivity contribution in [2.45, 2.75) is 19.3 Å². The number of rotatable bonds is 3. The number of para-hydroxylation sites is 2. The maximum atomic E-state index is 6.57. The number of ether oxygens (including phenoxy) is 1. The average Bonchev–Trinajstić information content (AvgIpc) is 3.36. The molecule has 2 aliphatic rings. The van der Waals surface area contributed by atoms with Crippen LogP contribution < -0.4 is 10.1 Å². The van der Waals surface area contributed by atoms with Crippen LogP contribution in [0.15, 0.2) is 146 Å². The Bertz CT molecular complexity index is 2270. The molecule has 214 valence electrons. The van der Waals surface area contributed by atoms with E-state index in [1.54, 1.807) is 0 Å². The summed E-state index contributed by atoms with van der Waals surface area (Å²) in [5, 5.41) is 6.32. The first-order chi connectivity index (χ1) is 22.1. The molecule has 7 aromatic carbocycles. The number of nitrogens with one attached hydrogen (secondary N) is 1. The van der Waals surface area contributed by atoms with Crippen LogP contribution in [-0.2, 0) is 5.41 Å². The van der Waals surface area contributed by atoms with Crippen LogP contribution in [0, 0.1) is 13.8 Å². The van der Waals surface area contributed by atoms with E-state index in [9.17, 15) is 0 Å². The van der Waals surface area contributed by atoms with Gasteiger partial charge in [-0.2, -0.15) is 0 Å². The van der Waals surface area contributed by atoms with Crippen molar-refractivity contribution in [1.29, 1.82) is 0 Å². The maximum absolute atomic E-state index is 6.57. The summed E-state index contributed by atoms with van der Waals surface area (Å²) < 4.78 is 6.57. The van der Waals surface area contributed by atoms with E-state index >= 15 is 0 Å². The number of aryl methyl sites for hydroxylation is 2. The molecule has 1 aliphatic carbocycles. The van der Waals surface area contributed by atoms with Crippen molar-refractivity contribution in [2.24, 2.45) is 0 Å². The van der Waals surface area contributed by atoms with Crippen molar-refractivity contribution in [3.8, 4) is 33.8 Å². The SMILES string of the molecule is Cc1ccccc1-c1cc(Nc2ccc3c(c2)C2(c4ccccc4Oc4ccccc42)c2ccc4ccccc4c2-3)ccc1C. The van der Waals surface area contributed by atoms with Crippen LogP contribution in [0.4, 0.5) is 11.4 Å². The fraction of sp³-hybridized carbons (Fsp3) is 0.0698. The Labute approximate surface area is 263 Å². The van der Waals surface area contributed by atoms with Gasteiger partial charge in [0.2, 0.25) is 0 Å². The summed E-state index contributed by atoms with van der Waals surface area (Å²) in [5.74, 6) is 1.81. The van der Waals surface area contributed by atoms with Crippen molar-refractivity contribution >= 4 is 22.1 Å². The molecule has 45 heavy (non-hydrogen) atoms. The van der Waals surface area contributed by atoms with Crippen molar-refractivity contribution in [3.63, 3.8) is 0 Å². The van der Waals surface area contributed by atoms with Crippen molar-refractivity contribution in [2.75, 3.05) is 5.32 Å². The van der Waals surface area contributed by atoms with E-state index in [4.69, 9.17) is 4.74 Å². The Morgan fingerprint density at radius 1 is 0.467 bits per heavy atom. The van der Waals surface area contributed by atoms with Gasteiger partial charge in [-0.05, 0) is 106 Å². The summed E-state index contributed by atoms with van der Waals surface area (Å²) in [5.41, 5.74) is 14.2. The fourth-order valence-corrected chi connectivity index (χ4v) is 7.78. The number of hydrogen-bond donors (Lipinski definition) is 1. The molecule has 0 fully saturated rings. The molecule has 1 spiro atoms. The quantitative estimate of drug-likeness (QED) is 0.225. The van der Waals surface area contributed by atoms with Gasteiger partial charge in [-0.3, -0.25) is 0 Å². The smallest absolute Gasteiger partial charge is 0.132 e. The van der Waals surface area contributed by atoms with E-state index in [1.807, 2.05) is 0 Å². The van der Waals surface area contributed by atoms with Crippen LogP contribution in [0.25, 0.3) is 33.0 Å². The second-order valence-electron chi connectivity index (χ2n) is 12.3. The van der Waals surface area contributed by atoms with Crippen LogP contribution in [0.2, 0.25) is 0 Å². The lowest BCUT2D eigenvalue weighted by Gasteiger charge is -2.39. The zero-order valence-electron chi connectivity index (χ0n) is 25.3. The predicted molar refractivity (Wildman–Crippen MR) is 186 cm³/mol. The highest BCUT2D eigenvalue weighted by Crippen LogP contribution is 2.63. The molecule has 0 atom stereocenters. The van der Waals surface area contributed by atoms with E-state index in [0.29, 0.717) is 0 Å². The molecule has 1 N–H and O–H groups in total. The first-order valence-electron chi connectivity index (χ1n) is 15.6. The number of fused-ring (bicyclic) bond motifs is 11. The number of anilines is 2. The highest BCUT2D eigenvalue weighted by molar-refractivity contribution is 6.05. The van der Waals surface area contributed by atoms with E-state index in [1.165, 1.54) is 66.4 Å². The monoisotopic (exact) mass is 577 g/mol. The highest BCUT2D eigenvalue weighted by Gasteiger charge is 2.51. The molecule has 0 saturated carbocycles. The van der Waals surface area contributed by atoms with E-state index < -0.39 is 5.41 Å². The minimum Gasteiger partial charge on any atom is -0.457 e. The molecule has 0 saturated heterocycles. The summed E-state index contributed by atoms with van der Waals surface area (Å²) in [7, 11) is 0.